The van der Waals surface area contributed by atoms with Gasteiger partial charge in [-0.05, 0) is 26.1 Å². The monoisotopic (exact) mass is 327 g/mol. The van der Waals surface area contributed by atoms with Gasteiger partial charge >= 0.3 is 0 Å². The number of nitrogens with zero attached hydrogens (tertiary/aromatic N) is 2. The third-order valence-electron chi connectivity index (χ3n) is 2.75. The lowest BCUT2D eigenvalue weighted by atomic mass is 10.3. The number of hydrogen-bond donors (Lipinski definition) is 1. The highest BCUT2D eigenvalue weighted by atomic mass is 35.5. The van der Waals surface area contributed by atoms with Crippen molar-refractivity contribution in [2.75, 3.05) is 18.9 Å². The molecule has 0 saturated heterocycles. The van der Waals surface area contributed by atoms with Crippen molar-refractivity contribution in [1.29, 1.82) is 0 Å². The van der Waals surface area contributed by atoms with E-state index in [1.54, 1.807) is 18.2 Å². The summed E-state index contributed by atoms with van der Waals surface area (Å²) in [7, 11) is 1.82. The van der Waals surface area contributed by atoms with Gasteiger partial charge in [0.25, 0.3) is 0 Å². The van der Waals surface area contributed by atoms with Gasteiger partial charge in [0.05, 0.1) is 28.0 Å². The van der Waals surface area contributed by atoms with E-state index >= 15 is 0 Å². The van der Waals surface area contributed by atoms with E-state index in [9.17, 15) is 4.79 Å². The molecule has 0 aliphatic rings. The van der Waals surface area contributed by atoms with E-state index in [1.807, 2.05) is 24.9 Å². The summed E-state index contributed by atoms with van der Waals surface area (Å²) in [6.07, 6.45) is 0. The number of rotatable bonds is 5. The third-order valence-corrected chi connectivity index (χ3v) is 3.57. The normalized spacial score (nSPS) is 10.9. The van der Waals surface area contributed by atoms with Gasteiger partial charge in [-0.1, -0.05) is 34.4 Å². The van der Waals surface area contributed by atoms with Gasteiger partial charge < -0.3 is 9.84 Å². The van der Waals surface area contributed by atoms with Crippen molar-refractivity contribution in [3.63, 3.8) is 0 Å². The number of aromatic nitrogens is 1. The Kier molecular flexibility index (Phi) is 5.22. The topological polar surface area (TPSA) is 58.4 Å². The average Bonchev–Trinajstić information content (AvgIpc) is 2.80. The van der Waals surface area contributed by atoms with Crippen molar-refractivity contribution in [3.8, 4) is 0 Å². The Morgan fingerprint density at radius 2 is 2.19 bits per heavy atom. The maximum atomic E-state index is 12.0. The zero-order valence-corrected chi connectivity index (χ0v) is 13.2. The minimum atomic E-state index is -0.179. The molecule has 7 heteroatoms. The van der Waals surface area contributed by atoms with Crippen LogP contribution in [0.3, 0.4) is 0 Å². The smallest absolute Gasteiger partial charge is 0.238 e. The quantitative estimate of drug-likeness (QED) is 0.914. The maximum Gasteiger partial charge on any atom is 0.238 e. The van der Waals surface area contributed by atoms with E-state index in [0.717, 1.165) is 11.5 Å². The van der Waals surface area contributed by atoms with Crippen molar-refractivity contribution >= 4 is 34.8 Å². The minimum absolute atomic E-state index is 0.179. The number of aryl methyl sites for hydroxylation is 1. The molecule has 2 aromatic rings. The highest BCUT2D eigenvalue weighted by molar-refractivity contribution is 6.43. The van der Waals surface area contributed by atoms with Crippen LogP contribution in [0.5, 0.6) is 0 Å². The van der Waals surface area contributed by atoms with Crippen molar-refractivity contribution in [2.45, 2.75) is 13.5 Å². The molecule has 2 rings (SSSR count). The van der Waals surface area contributed by atoms with E-state index < -0.39 is 0 Å². The van der Waals surface area contributed by atoms with Gasteiger partial charge in [0.2, 0.25) is 5.91 Å². The molecule has 21 heavy (non-hydrogen) atoms. The zero-order chi connectivity index (χ0) is 15.4. The van der Waals surface area contributed by atoms with Crippen LogP contribution in [-0.2, 0) is 11.3 Å². The van der Waals surface area contributed by atoms with Gasteiger partial charge in [-0.15, -0.1) is 0 Å². The van der Waals surface area contributed by atoms with Crippen LogP contribution in [0.15, 0.2) is 28.8 Å². The van der Waals surface area contributed by atoms with Crippen molar-refractivity contribution in [3.05, 3.63) is 45.8 Å². The van der Waals surface area contributed by atoms with Crippen LogP contribution in [0.1, 0.15) is 11.5 Å². The highest BCUT2D eigenvalue weighted by Crippen LogP contribution is 2.29. The molecule has 1 aromatic heterocycles. The lowest BCUT2D eigenvalue weighted by Gasteiger charge is -2.15. The predicted octanol–water partition coefficient (Wildman–Crippen LogP) is 3.36. The van der Waals surface area contributed by atoms with E-state index in [4.69, 9.17) is 27.7 Å². The zero-order valence-electron chi connectivity index (χ0n) is 11.7. The lowest BCUT2D eigenvalue weighted by Crippen LogP contribution is -2.30. The Hall–Kier alpha value is -1.56. The van der Waals surface area contributed by atoms with E-state index in [0.29, 0.717) is 22.3 Å². The molecule has 0 atom stereocenters. The number of amides is 1. The molecule has 0 spiro atoms. The highest BCUT2D eigenvalue weighted by Gasteiger charge is 2.12. The van der Waals surface area contributed by atoms with Crippen LogP contribution in [-0.4, -0.2) is 29.6 Å². The van der Waals surface area contributed by atoms with Gasteiger partial charge in [0.15, 0.2) is 0 Å². The summed E-state index contributed by atoms with van der Waals surface area (Å²) in [5, 5.41) is 7.36. The molecule has 1 amide bonds. The van der Waals surface area contributed by atoms with Crippen LogP contribution in [0.4, 0.5) is 5.69 Å². The Balaban J connectivity index is 1.90. The lowest BCUT2D eigenvalue weighted by molar-refractivity contribution is -0.117. The van der Waals surface area contributed by atoms with Gasteiger partial charge in [-0.25, -0.2) is 0 Å². The van der Waals surface area contributed by atoms with Crippen LogP contribution >= 0.6 is 23.2 Å². The number of halogens is 2. The summed E-state index contributed by atoms with van der Waals surface area (Å²) < 4.78 is 4.99. The second kappa shape index (κ2) is 6.93. The Morgan fingerprint density at radius 3 is 2.86 bits per heavy atom. The largest absolute Gasteiger partial charge is 0.361 e. The summed E-state index contributed by atoms with van der Waals surface area (Å²) in [6.45, 7) is 2.55. The Morgan fingerprint density at radius 1 is 1.43 bits per heavy atom. The molecule has 112 valence electrons. The molecular weight excluding hydrogens is 313 g/mol. The molecule has 1 heterocycles. The molecule has 5 nitrogen and oxygen atoms in total. The summed E-state index contributed by atoms with van der Waals surface area (Å²) in [4.78, 5) is 13.8. The van der Waals surface area contributed by atoms with Gasteiger partial charge in [0.1, 0.15) is 5.76 Å². The van der Waals surface area contributed by atoms with Crippen LogP contribution in [0.25, 0.3) is 0 Å². The fourth-order valence-corrected chi connectivity index (χ4v) is 2.21. The Labute approximate surface area is 132 Å². The Bertz CT molecular complexity index is 643. The van der Waals surface area contributed by atoms with Crippen LogP contribution in [0.2, 0.25) is 10.0 Å². The standard InChI is InChI=1S/C14H15Cl2N3O2/c1-9-6-10(18-21-9)7-19(2)8-13(20)17-12-5-3-4-11(15)14(12)16/h3-6H,7-8H2,1-2H3,(H,17,20). The maximum absolute atomic E-state index is 12.0. The number of anilines is 1. The number of carbonyl (C=O) groups is 1. The summed E-state index contributed by atoms with van der Waals surface area (Å²) >= 11 is 11.9. The molecule has 0 fully saturated rings. The number of hydrogen-bond acceptors (Lipinski definition) is 4. The summed E-state index contributed by atoms with van der Waals surface area (Å²) in [5.74, 6) is 0.565. The molecule has 1 aromatic carbocycles. The van der Waals surface area contributed by atoms with Crippen molar-refractivity contribution < 1.29 is 9.32 Å². The minimum Gasteiger partial charge on any atom is -0.361 e. The number of carbonyl (C=O) groups excluding carboxylic acids is 1. The van der Waals surface area contributed by atoms with E-state index in [-0.39, 0.29) is 12.5 Å². The first kappa shape index (κ1) is 15.8. The first-order chi connectivity index (χ1) is 9.95. The van der Waals surface area contributed by atoms with E-state index in [1.165, 1.54) is 0 Å². The molecular formula is C14H15Cl2N3O2. The molecule has 0 aliphatic heterocycles. The fourth-order valence-electron chi connectivity index (χ4n) is 1.86. The van der Waals surface area contributed by atoms with Gasteiger partial charge in [0, 0.05) is 12.6 Å². The second-order valence-electron chi connectivity index (χ2n) is 4.75. The molecule has 0 unspecified atom stereocenters. The summed E-state index contributed by atoms with van der Waals surface area (Å²) in [5.41, 5.74) is 1.28. The molecule has 1 N–H and O–H groups in total. The molecule has 0 saturated carbocycles. The number of benzene rings is 1. The van der Waals surface area contributed by atoms with Crippen LogP contribution in [0, 0.1) is 6.92 Å². The average molecular weight is 328 g/mol. The predicted molar refractivity (Wildman–Crippen MR) is 82.7 cm³/mol. The fraction of sp³-hybridized carbons (Fsp3) is 0.286. The van der Waals surface area contributed by atoms with E-state index in [2.05, 4.69) is 10.5 Å². The summed E-state index contributed by atoms with van der Waals surface area (Å²) in [6, 6.07) is 6.93. The molecule has 0 aliphatic carbocycles. The number of nitrogens with one attached hydrogen (secondary N) is 1. The van der Waals surface area contributed by atoms with Gasteiger partial charge in [-0.2, -0.15) is 0 Å². The SMILES string of the molecule is Cc1cc(CN(C)CC(=O)Nc2cccc(Cl)c2Cl)no1. The van der Waals surface area contributed by atoms with Crippen molar-refractivity contribution in [2.24, 2.45) is 0 Å². The number of likely N-dealkylation sites (N-methyl/N-ethyl adjacent to an activating group) is 1. The third kappa shape index (κ3) is 4.46. The van der Waals surface area contributed by atoms with Crippen molar-refractivity contribution in [1.82, 2.24) is 10.1 Å². The van der Waals surface area contributed by atoms with Gasteiger partial charge in [-0.3, -0.25) is 9.69 Å². The molecule has 0 bridgehead atoms. The van der Waals surface area contributed by atoms with Crippen LogP contribution < -0.4 is 5.32 Å². The second-order valence-corrected chi connectivity index (χ2v) is 5.54. The molecule has 0 radical (unpaired) electrons. The first-order valence-electron chi connectivity index (χ1n) is 6.30. The first-order valence-corrected chi connectivity index (χ1v) is 7.06.